The lowest BCUT2D eigenvalue weighted by Crippen LogP contribution is -2.06. The van der Waals surface area contributed by atoms with Gasteiger partial charge in [-0.2, -0.15) is 0 Å². The van der Waals surface area contributed by atoms with Gasteiger partial charge in [-0.05, 0) is 16.3 Å². The Bertz CT molecular complexity index is 814. The summed E-state index contributed by atoms with van der Waals surface area (Å²) in [5.41, 5.74) is 0.644. The molecule has 4 nitrogen and oxygen atoms in total. The molecule has 0 amide bonds. The topological polar surface area (TPSA) is 66.0 Å². The standard InChI is InChI=1S/C15H12N2O2S/c18-13-8-16-15(17-14(13)19)20-9-10-5-6-11-3-1-2-4-12(11)7-10/h1-8,18H,9H2,(H,16,17,19). The Balaban J connectivity index is 1.79. The molecule has 1 aromatic heterocycles. The minimum Gasteiger partial charge on any atom is -0.502 e. The molecule has 3 aromatic rings. The normalized spacial score (nSPS) is 10.8. The number of aromatic nitrogens is 2. The highest BCUT2D eigenvalue weighted by Gasteiger charge is 2.02. The van der Waals surface area contributed by atoms with Crippen molar-refractivity contribution >= 4 is 22.5 Å². The number of aromatic amines is 1. The molecule has 0 bridgehead atoms. The van der Waals surface area contributed by atoms with Gasteiger partial charge in [-0.15, -0.1) is 0 Å². The van der Waals surface area contributed by atoms with E-state index in [1.54, 1.807) is 0 Å². The van der Waals surface area contributed by atoms with Crippen molar-refractivity contribution in [2.24, 2.45) is 0 Å². The van der Waals surface area contributed by atoms with Gasteiger partial charge in [0, 0.05) is 5.75 Å². The van der Waals surface area contributed by atoms with Gasteiger partial charge in [0.25, 0.3) is 5.56 Å². The van der Waals surface area contributed by atoms with Gasteiger partial charge < -0.3 is 5.11 Å². The molecular formula is C15H12N2O2S. The molecule has 0 unspecified atom stereocenters. The summed E-state index contributed by atoms with van der Waals surface area (Å²) in [5.74, 6) is 0.346. The van der Waals surface area contributed by atoms with Crippen molar-refractivity contribution in [1.82, 2.24) is 9.97 Å². The molecule has 0 spiro atoms. The van der Waals surface area contributed by atoms with Crippen molar-refractivity contribution in [3.05, 3.63) is 64.6 Å². The predicted molar refractivity (Wildman–Crippen MR) is 80.0 cm³/mol. The highest BCUT2D eigenvalue weighted by Crippen LogP contribution is 2.22. The fourth-order valence-corrected chi connectivity index (χ4v) is 2.70. The van der Waals surface area contributed by atoms with Crippen LogP contribution in [0.3, 0.4) is 0 Å². The maximum absolute atomic E-state index is 11.3. The molecule has 0 saturated carbocycles. The van der Waals surface area contributed by atoms with Gasteiger partial charge in [-0.1, -0.05) is 54.2 Å². The maximum atomic E-state index is 11.3. The summed E-state index contributed by atoms with van der Waals surface area (Å²) < 4.78 is 0. The Morgan fingerprint density at radius 1 is 1.15 bits per heavy atom. The number of thioether (sulfide) groups is 1. The minimum absolute atomic E-state index is 0.361. The first-order valence-electron chi connectivity index (χ1n) is 6.11. The van der Waals surface area contributed by atoms with Crippen LogP contribution in [0.5, 0.6) is 5.75 Å². The zero-order chi connectivity index (χ0) is 13.9. The molecule has 100 valence electrons. The van der Waals surface area contributed by atoms with E-state index >= 15 is 0 Å². The van der Waals surface area contributed by atoms with Crippen molar-refractivity contribution < 1.29 is 5.11 Å². The Labute approximate surface area is 119 Å². The van der Waals surface area contributed by atoms with E-state index in [-0.39, 0.29) is 5.75 Å². The van der Waals surface area contributed by atoms with Gasteiger partial charge >= 0.3 is 0 Å². The van der Waals surface area contributed by atoms with Gasteiger partial charge in [0.15, 0.2) is 10.9 Å². The zero-order valence-corrected chi connectivity index (χ0v) is 11.4. The molecule has 2 aromatic carbocycles. The first kappa shape index (κ1) is 12.7. The molecule has 2 N–H and O–H groups in total. The zero-order valence-electron chi connectivity index (χ0n) is 10.5. The van der Waals surface area contributed by atoms with Crippen molar-refractivity contribution in [2.75, 3.05) is 0 Å². The van der Waals surface area contributed by atoms with E-state index in [0.29, 0.717) is 10.9 Å². The maximum Gasteiger partial charge on any atom is 0.293 e. The van der Waals surface area contributed by atoms with E-state index in [0.717, 1.165) is 5.56 Å². The lowest BCUT2D eigenvalue weighted by Gasteiger charge is -2.03. The number of aromatic hydroxyl groups is 1. The molecule has 0 saturated heterocycles. The van der Waals surface area contributed by atoms with E-state index < -0.39 is 5.56 Å². The third-order valence-corrected chi connectivity index (χ3v) is 3.91. The summed E-state index contributed by atoms with van der Waals surface area (Å²) in [4.78, 5) is 17.8. The molecular weight excluding hydrogens is 272 g/mol. The highest BCUT2D eigenvalue weighted by atomic mass is 32.2. The van der Waals surface area contributed by atoms with E-state index in [2.05, 4.69) is 40.3 Å². The fraction of sp³-hybridized carbons (Fsp3) is 0.0667. The van der Waals surface area contributed by atoms with Crippen LogP contribution in [0.15, 0.2) is 58.6 Å². The molecule has 0 aliphatic heterocycles. The molecule has 0 fully saturated rings. The summed E-state index contributed by atoms with van der Waals surface area (Å²) in [7, 11) is 0. The average Bonchev–Trinajstić information content (AvgIpc) is 2.48. The van der Waals surface area contributed by atoms with Crippen molar-refractivity contribution in [1.29, 1.82) is 0 Å². The first-order valence-corrected chi connectivity index (χ1v) is 7.10. The molecule has 0 radical (unpaired) electrons. The van der Waals surface area contributed by atoms with E-state index in [4.69, 9.17) is 5.11 Å². The van der Waals surface area contributed by atoms with Crippen molar-refractivity contribution in [3.8, 4) is 5.75 Å². The molecule has 0 atom stereocenters. The number of nitrogens with one attached hydrogen (secondary N) is 1. The van der Waals surface area contributed by atoms with Crippen LogP contribution in [-0.2, 0) is 5.75 Å². The predicted octanol–water partition coefficient (Wildman–Crippen LogP) is 2.92. The SMILES string of the molecule is O=c1[nH]c(SCc2ccc3ccccc3c2)ncc1O. The highest BCUT2D eigenvalue weighted by molar-refractivity contribution is 7.98. The van der Waals surface area contributed by atoms with Crippen LogP contribution in [0, 0.1) is 0 Å². The van der Waals surface area contributed by atoms with Crippen LogP contribution in [0.4, 0.5) is 0 Å². The molecule has 3 rings (SSSR count). The second kappa shape index (κ2) is 5.38. The Morgan fingerprint density at radius 2 is 1.95 bits per heavy atom. The fourth-order valence-electron chi connectivity index (χ4n) is 1.93. The number of H-pyrrole nitrogens is 1. The second-order valence-electron chi connectivity index (χ2n) is 4.37. The van der Waals surface area contributed by atoms with E-state index in [9.17, 15) is 4.79 Å². The van der Waals surface area contributed by atoms with Gasteiger partial charge in [-0.3, -0.25) is 9.78 Å². The number of hydrogen-bond acceptors (Lipinski definition) is 4. The summed E-state index contributed by atoms with van der Waals surface area (Å²) in [6.07, 6.45) is 1.17. The Morgan fingerprint density at radius 3 is 2.75 bits per heavy atom. The van der Waals surface area contributed by atoms with Crippen molar-refractivity contribution in [3.63, 3.8) is 0 Å². The number of benzene rings is 2. The number of nitrogens with zero attached hydrogens (tertiary/aromatic N) is 1. The van der Waals surface area contributed by atoms with E-state index in [1.165, 1.54) is 28.7 Å². The van der Waals surface area contributed by atoms with Gasteiger partial charge in [0.2, 0.25) is 0 Å². The number of rotatable bonds is 3. The van der Waals surface area contributed by atoms with Crippen molar-refractivity contribution in [2.45, 2.75) is 10.9 Å². The van der Waals surface area contributed by atoms with Gasteiger partial charge in [0.1, 0.15) is 0 Å². The summed E-state index contributed by atoms with van der Waals surface area (Å²) in [6.45, 7) is 0. The molecule has 1 heterocycles. The molecule has 0 aliphatic carbocycles. The minimum atomic E-state index is -0.513. The van der Waals surface area contributed by atoms with Gasteiger partial charge in [0.05, 0.1) is 6.20 Å². The van der Waals surface area contributed by atoms with Crippen LogP contribution in [0.1, 0.15) is 5.56 Å². The van der Waals surface area contributed by atoms with Crippen LogP contribution in [-0.4, -0.2) is 15.1 Å². The van der Waals surface area contributed by atoms with Crippen LogP contribution in [0.2, 0.25) is 0 Å². The second-order valence-corrected chi connectivity index (χ2v) is 5.34. The monoisotopic (exact) mass is 284 g/mol. The van der Waals surface area contributed by atoms with E-state index in [1.807, 2.05) is 12.1 Å². The Hall–Kier alpha value is -2.27. The lowest BCUT2D eigenvalue weighted by molar-refractivity contribution is 0.460. The smallest absolute Gasteiger partial charge is 0.293 e. The van der Waals surface area contributed by atoms with Crippen LogP contribution < -0.4 is 5.56 Å². The quantitative estimate of drug-likeness (QED) is 0.573. The number of hydrogen-bond donors (Lipinski definition) is 2. The van der Waals surface area contributed by atoms with Gasteiger partial charge in [-0.25, -0.2) is 4.98 Å². The third kappa shape index (κ3) is 2.67. The van der Waals surface area contributed by atoms with Crippen LogP contribution >= 0.6 is 11.8 Å². The lowest BCUT2D eigenvalue weighted by atomic mass is 10.1. The Kier molecular flexibility index (Phi) is 3.43. The molecule has 20 heavy (non-hydrogen) atoms. The molecule has 5 heteroatoms. The first-order chi connectivity index (χ1) is 9.72. The summed E-state index contributed by atoms with van der Waals surface area (Å²) >= 11 is 1.43. The summed E-state index contributed by atoms with van der Waals surface area (Å²) in [6, 6.07) is 14.4. The largest absolute Gasteiger partial charge is 0.502 e. The van der Waals surface area contributed by atoms with Crippen LogP contribution in [0.25, 0.3) is 10.8 Å². The average molecular weight is 284 g/mol. The third-order valence-electron chi connectivity index (χ3n) is 2.95. The molecule has 0 aliphatic rings. The number of fused-ring (bicyclic) bond motifs is 1. The summed E-state index contributed by atoms with van der Waals surface area (Å²) in [5, 5.41) is 12.0.